The van der Waals surface area contributed by atoms with E-state index in [1.807, 2.05) is 26.0 Å². The number of rotatable bonds is 5. The number of halogens is 1. The van der Waals surface area contributed by atoms with Gasteiger partial charge in [-0.3, -0.25) is 4.79 Å². The van der Waals surface area contributed by atoms with Crippen LogP contribution in [0.25, 0.3) is 0 Å². The number of ether oxygens (including phenoxy) is 1. The topological polar surface area (TPSA) is 75.7 Å². The van der Waals surface area contributed by atoms with Crippen LogP contribution in [0.3, 0.4) is 0 Å². The highest BCUT2D eigenvalue weighted by Crippen LogP contribution is 2.21. The molecule has 150 valence electrons. The number of hydrogen-bond acceptors (Lipinski definition) is 4. The highest BCUT2D eigenvalue weighted by atomic mass is 35.5. The molecule has 0 aromatic heterocycles. The summed E-state index contributed by atoms with van der Waals surface area (Å²) >= 11 is 5.85. The zero-order valence-corrected chi connectivity index (χ0v) is 17.3. The van der Waals surface area contributed by atoms with Crippen LogP contribution in [0.4, 0.5) is 0 Å². The number of morpholine rings is 1. The fraction of sp³-hybridized carbons (Fsp3) is 0.350. The maximum atomic E-state index is 12.9. The smallest absolute Gasteiger partial charge is 0.251 e. The van der Waals surface area contributed by atoms with Crippen LogP contribution < -0.4 is 5.32 Å². The standard InChI is InChI=1S/C20H23ClN2O4S/c1-14-12-23(13-15(2)27-14)28(25,26)19-9-5-17(6-10-19)20(24)22-11-16-3-7-18(21)8-4-16/h3-10,14-15H,11-13H2,1-2H3,(H,22,24). The molecule has 3 rings (SSSR count). The molecule has 0 bridgehead atoms. The van der Waals surface area contributed by atoms with E-state index in [4.69, 9.17) is 16.3 Å². The number of amides is 1. The van der Waals surface area contributed by atoms with Crippen molar-refractivity contribution in [3.8, 4) is 0 Å². The number of nitrogens with one attached hydrogen (secondary N) is 1. The van der Waals surface area contributed by atoms with Crippen LogP contribution in [-0.4, -0.2) is 43.9 Å². The van der Waals surface area contributed by atoms with Crippen LogP contribution in [-0.2, 0) is 21.3 Å². The summed E-state index contributed by atoms with van der Waals surface area (Å²) in [7, 11) is -3.62. The highest BCUT2D eigenvalue weighted by Gasteiger charge is 2.32. The largest absolute Gasteiger partial charge is 0.373 e. The molecule has 0 radical (unpaired) electrons. The molecule has 2 atom stereocenters. The Morgan fingerprint density at radius 3 is 2.21 bits per heavy atom. The Hall–Kier alpha value is -1.93. The molecule has 1 N–H and O–H groups in total. The van der Waals surface area contributed by atoms with Gasteiger partial charge in [0.15, 0.2) is 0 Å². The Labute approximate surface area is 170 Å². The minimum atomic E-state index is -3.62. The molecule has 1 saturated heterocycles. The van der Waals surface area contributed by atoms with Gasteiger partial charge < -0.3 is 10.1 Å². The van der Waals surface area contributed by atoms with Crippen molar-refractivity contribution in [2.24, 2.45) is 0 Å². The van der Waals surface area contributed by atoms with Crippen molar-refractivity contribution in [3.63, 3.8) is 0 Å². The maximum Gasteiger partial charge on any atom is 0.251 e. The third-order valence-corrected chi connectivity index (χ3v) is 6.60. The Morgan fingerprint density at radius 2 is 1.64 bits per heavy atom. The first-order valence-corrected chi connectivity index (χ1v) is 10.9. The van der Waals surface area contributed by atoms with Gasteiger partial charge in [0.05, 0.1) is 17.1 Å². The Balaban J connectivity index is 1.66. The van der Waals surface area contributed by atoms with E-state index in [2.05, 4.69) is 5.32 Å². The molecule has 8 heteroatoms. The van der Waals surface area contributed by atoms with Crippen LogP contribution >= 0.6 is 11.6 Å². The molecule has 2 unspecified atom stereocenters. The Morgan fingerprint density at radius 1 is 1.07 bits per heavy atom. The van der Waals surface area contributed by atoms with Gasteiger partial charge in [0.2, 0.25) is 10.0 Å². The lowest BCUT2D eigenvalue weighted by Gasteiger charge is -2.34. The van der Waals surface area contributed by atoms with E-state index in [-0.39, 0.29) is 23.0 Å². The van der Waals surface area contributed by atoms with Gasteiger partial charge >= 0.3 is 0 Å². The highest BCUT2D eigenvalue weighted by molar-refractivity contribution is 7.89. The molecule has 1 aliphatic rings. The van der Waals surface area contributed by atoms with Crippen molar-refractivity contribution >= 4 is 27.5 Å². The molecule has 28 heavy (non-hydrogen) atoms. The second-order valence-electron chi connectivity index (χ2n) is 6.91. The molecule has 1 fully saturated rings. The lowest BCUT2D eigenvalue weighted by Crippen LogP contribution is -2.48. The lowest BCUT2D eigenvalue weighted by atomic mass is 10.2. The van der Waals surface area contributed by atoms with Crippen molar-refractivity contribution in [1.82, 2.24) is 9.62 Å². The molecule has 2 aromatic rings. The molecule has 1 amide bonds. The zero-order valence-electron chi connectivity index (χ0n) is 15.8. The third kappa shape index (κ3) is 4.91. The summed E-state index contributed by atoms with van der Waals surface area (Å²) in [6, 6.07) is 13.2. The Bertz CT molecular complexity index is 920. The minimum Gasteiger partial charge on any atom is -0.373 e. The van der Waals surface area contributed by atoms with Crippen LogP contribution in [0, 0.1) is 0 Å². The predicted octanol–water partition coefficient (Wildman–Crippen LogP) is 3.07. The SMILES string of the molecule is CC1CN(S(=O)(=O)c2ccc(C(=O)NCc3ccc(Cl)cc3)cc2)CC(C)O1. The molecule has 0 spiro atoms. The van der Waals surface area contributed by atoms with E-state index in [0.29, 0.717) is 30.2 Å². The summed E-state index contributed by atoms with van der Waals surface area (Å²) in [5.41, 5.74) is 1.32. The van der Waals surface area contributed by atoms with Crippen molar-refractivity contribution in [1.29, 1.82) is 0 Å². The molecule has 2 aromatic carbocycles. The van der Waals surface area contributed by atoms with E-state index in [1.165, 1.54) is 28.6 Å². The maximum absolute atomic E-state index is 12.9. The van der Waals surface area contributed by atoms with Gasteiger partial charge in [-0.1, -0.05) is 23.7 Å². The summed E-state index contributed by atoms with van der Waals surface area (Å²) in [6.45, 7) is 4.70. The fourth-order valence-electron chi connectivity index (χ4n) is 3.14. The van der Waals surface area contributed by atoms with E-state index < -0.39 is 10.0 Å². The van der Waals surface area contributed by atoms with Gasteiger partial charge in [-0.2, -0.15) is 4.31 Å². The van der Waals surface area contributed by atoms with Gasteiger partial charge in [0.25, 0.3) is 5.91 Å². The molecule has 6 nitrogen and oxygen atoms in total. The summed E-state index contributed by atoms with van der Waals surface area (Å²) in [4.78, 5) is 12.5. The summed E-state index contributed by atoms with van der Waals surface area (Å²) in [6.07, 6.45) is -0.312. The van der Waals surface area contributed by atoms with Crippen molar-refractivity contribution in [2.45, 2.75) is 37.5 Å². The average molecular weight is 423 g/mol. The van der Waals surface area contributed by atoms with Gasteiger partial charge in [-0.15, -0.1) is 0 Å². The first-order valence-electron chi connectivity index (χ1n) is 9.04. The van der Waals surface area contributed by atoms with Gasteiger partial charge in [0.1, 0.15) is 0 Å². The van der Waals surface area contributed by atoms with Gasteiger partial charge in [-0.25, -0.2) is 8.42 Å². The van der Waals surface area contributed by atoms with E-state index in [0.717, 1.165) is 5.56 Å². The molecule has 0 aliphatic carbocycles. The fourth-order valence-corrected chi connectivity index (χ4v) is 4.86. The van der Waals surface area contributed by atoms with E-state index in [1.54, 1.807) is 12.1 Å². The summed E-state index contributed by atoms with van der Waals surface area (Å²) in [5.74, 6) is -0.271. The van der Waals surface area contributed by atoms with Crippen molar-refractivity contribution < 1.29 is 17.9 Å². The van der Waals surface area contributed by atoms with Crippen LogP contribution in [0.2, 0.25) is 5.02 Å². The van der Waals surface area contributed by atoms with Crippen molar-refractivity contribution in [2.75, 3.05) is 13.1 Å². The van der Waals surface area contributed by atoms with Crippen LogP contribution in [0.1, 0.15) is 29.8 Å². The zero-order chi connectivity index (χ0) is 20.3. The number of carbonyl (C=O) groups is 1. The first-order chi connectivity index (χ1) is 13.3. The minimum absolute atomic E-state index is 0.156. The molecular formula is C20H23ClN2O4S. The number of carbonyl (C=O) groups excluding carboxylic acids is 1. The van der Waals surface area contributed by atoms with E-state index in [9.17, 15) is 13.2 Å². The second kappa shape index (κ2) is 8.61. The van der Waals surface area contributed by atoms with Crippen LogP contribution in [0.5, 0.6) is 0 Å². The number of hydrogen-bond donors (Lipinski definition) is 1. The third-order valence-electron chi connectivity index (χ3n) is 4.51. The predicted molar refractivity (Wildman–Crippen MR) is 108 cm³/mol. The van der Waals surface area contributed by atoms with Gasteiger partial charge in [0, 0.05) is 30.2 Å². The Kier molecular flexibility index (Phi) is 6.40. The van der Waals surface area contributed by atoms with Crippen molar-refractivity contribution in [3.05, 3.63) is 64.7 Å². The second-order valence-corrected chi connectivity index (χ2v) is 9.29. The molecular weight excluding hydrogens is 400 g/mol. The lowest BCUT2D eigenvalue weighted by molar-refractivity contribution is -0.0440. The average Bonchev–Trinajstić information content (AvgIpc) is 2.66. The van der Waals surface area contributed by atoms with E-state index >= 15 is 0 Å². The number of benzene rings is 2. The number of sulfonamides is 1. The first kappa shape index (κ1) is 20.8. The molecule has 1 aliphatic heterocycles. The monoisotopic (exact) mass is 422 g/mol. The molecule has 0 saturated carbocycles. The summed E-state index contributed by atoms with van der Waals surface area (Å²) < 4.78 is 32.7. The quantitative estimate of drug-likeness (QED) is 0.803. The molecule has 1 heterocycles. The number of nitrogens with zero attached hydrogens (tertiary/aromatic N) is 1. The van der Waals surface area contributed by atoms with Crippen LogP contribution in [0.15, 0.2) is 53.4 Å². The normalized spacial score (nSPS) is 20.7. The van der Waals surface area contributed by atoms with Gasteiger partial charge in [-0.05, 0) is 55.8 Å². The summed E-state index contributed by atoms with van der Waals surface area (Å²) in [5, 5.41) is 3.44.